The maximum atomic E-state index is 12.2. The third-order valence-electron chi connectivity index (χ3n) is 3.19. The van der Waals surface area contributed by atoms with E-state index in [9.17, 15) is 9.59 Å². The largest absolute Gasteiger partial charge is 0.278 e. The molecule has 96 valence electrons. The molecule has 1 saturated heterocycles. The predicted molar refractivity (Wildman–Crippen MR) is 78.6 cm³/mol. The minimum Gasteiger partial charge on any atom is -0.278 e. The fraction of sp³-hybridized carbons (Fsp3) is 0.385. The van der Waals surface area contributed by atoms with Crippen LogP contribution in [-0.2, 0) is 4.79 Å². The van der Waals surface area contributed by atoms with Crippen molar-refractivity contribution in [2.75, 3.05) is 6.54 Å². The van der Waals surface area contributed by atoms with Crippen molar-refractivity contribution in [2.24, 2.45) is 5.92 Å². The second-order valence-electron chi connectivity index (χ2n) is 4.42. The number of hydrogen-bond acceptors (Lipinski definition) is 2. The van der Waals surface area contributed by atoms with Gasteiger partial charge in [0.15, 0.2) is 0 Å². The Morgan fingerprint density at radius 1 is 1.56 bits per heavy atom. The van der Waals surface area contributed by atoms with Gasteiger partial charge in [-0.25, -0.2) is 0 Å². The molecular weight excluding hydrogens is 365 g/mol. The monoisotopic (exact) mass is 377 g/mol. The molecule has 3 nitrogen and oxygen atoms in total. The van der Waals surface area contributed by atoms with Crippen LogP contribution in [0.25, 0.3) is 0 Å². The molecule has 1 aromatic rings. The van der Waals surface area contributed by atoms with Crippen molar-refractivity contribution >= 4 is 46.0 Å². The summed E-state index contributed by atoms with van der Waals surface area (Å²) in [5.74, 6) is -0.0310. The van der Waals surface area contributed by atoms with Gasteiger partial charge in [0.05, 0.1) is 5.02 Å². The quantitative estimate of drug-likeness (QED) is 0.585. The van der Waals surface area contributed by atoms with Gasteiger partial charge in [-0.05, 0) is 46.7 Å². The van der Waals surface area contributed by atoms with Crippen molar-refractivity contribution in [2.45, 2.75) is 19.8 Å². The lowest BCUT2D eigenvalue weighted by Gasteiger charge is -2.14. The molecule has 0 saturated carbocycles. The van der Waals surface area contributed by atoms with E-state index in [1.54, 1.807) is 18.2 Å². The Kier molecular flexibility index (Phi) is 4.27. The van der Waals surface area contributed by atoms with Crippen LogP contribution in [0.3, 0.4) is 0 Å². The van der Waals surface area contributed by atoms with E-state index in [2.05, 4.69) is 22.6 Å². The van der Waals surface area contributed by atoms with Gasteiger partial charge in [0.25, 0.3) is 5.91 Å². The standard InChI is InChI=1S/C13H13ClINO2/c1-2-8-5-12(17)16(7-8)13(18)9-3-4-11(15)10(14)6-9/h3-4,6,8H,2,5,7H2,1H3. The van der Waals surface area contributed by atoms with Gasteiger partial charge in [0.1, 0.15) is 0 Å². The first kappa shape index (κ1) is 13.8. The SMILES string of the molecule is CCC1CC(=O)N(C(=O)c2ccc(I)c(Cl)c2)C1. The summed E-state index contributed by atoms with van der Waals surface area (Å²) >= 11 is 8.10. The predicted octanol–water partition coefficient (Wildman–Crippen LogP) is 3.34. The Morgan fingerprint density at radius 3 is 2.83 bits per heavy atom. The van der Waals surface area contributed by atoms with Crippen LogP contribution in [0.1, 0.15) is 30.1 Å². The number of imide groups is 1. The molecule has 0 N–H and O–H groups in total. The van der Waals surface area contributed by atoms with Crippen LogP contribution in [0.5, 0.6) is 0 Å². The lowest BCUT2D eigenvalue weighted by molar-refractivity contribution is -0.125. The average Bonchev–Trinajstić information content (AvgIpc) is 2.73. The molecule has 1 fully saturated rings. The normalized spacial score (nSPS) is 19.4. The summed E-state index contributed by atoms with van der Waals surface area (Å²) in [4.78, 5) is 25.3. The number of hydrogen-bond donors (Lipinski definition) is 0. The molecule has 1 aromatic carbocycles. The Bertz CT molecular complexity index is 504. The summed E-state index contributed by atoms with van der Waals surface area (Å²) in [5, 5.41) is 0.542. The zero-order valence-corrected chi connectivity index (χ0v) is 12.9. The number of amides is 2. The van der Waals surface area contributed by atoms with Crippen LogP contribution in [0, 0.1) is 9.49 Å². The van der Waals surface area contributed by atoms with Gasteiger partial charge in [0.2, 0.25) is 5.91 Å². The molecule has 1 atom stereocenters. The number of halogens is 2. The van der Waals surface area contributed by atoms with Crippen LogP contribution in [0.4, 0.5) is 0 Å². The number of carbonyl (C=O) groups is 2. The van der Waals surface area contributed by atoms with Crippen molar-refractivity contribution < 1.29 is 9.59 Å². The van der Waals surface area contributed by atoms with Gasteiger partial charge >= 0.3 is 0 Å². The molecular formula is C13H13ClINO2. The van der Waals surface area contributed by atoms with Crippen molar-refractivity contribution in [3.63, 3.8) is 0 Å². The number of carbonyl (C=O) groups excluding carboxylic acids is 2. The fourth-order valence-electron chi connectivity index (χ4n) is 2.04. The van der Waals surface area contributed by atoms with Crippen molar-refractivity contribution in [3.8, 4) is 0 Å². The van der Waals surface area contributed by atoms with Crippen molar-refractivity contribution in [1.29, 1.82) is 0 Å². The van der Waals surface area contributed by atoms with E-state index in [1.807, 2.05) is 6.92 Å². The molecule has 0 bridgehead atoms. The van der Waals surface area contributed by atoms with Gasteiger partial charge in [-0.3, -0.25) is 14.5 Å². The Morgan fingerprint density at radius 2 is 2.28 bits per heavy atom. The summed E-state index contributed by atoms with van der Waals surface area (Å²) in [7, 11) is 0. The number of rotatable bonds is 2. The van der Waals surface area contributed by atoms with Crippen LogP contribution >= 0.6 is 34.2 Å². The molecule has 0 spiro atoms. The van der Waals surface area contributed by atoms with Gasteiger partial charge < -0.3 is 0 Å². The third-order valence-corrected chi connectivity index (χ3v) is 4.77. The molecule has 1 unspecified atom stereocenters. The molecule has 18 heavy (non-hydrogen) atoms. The molecule has 1 aliphatic heterocycles. The average molecular weight is 378 g/mol. The van der Waals surface area contributed by atoms with Crippen LogP contribution < -0.4 is 0 Å². The number of benzene rings is 1. The van der Waals surface area contributed by atoms with Crippen molar-refractivity contribution in [1.82, 2.24) is 4.90 Å². The molecule has 1 aliphatic rings. The second-order valence-corrected chi connectivity index (χ2v) is 5.99. The Hall–Kier alpha value is -0.620. The van der Waals surface area contributed by atoms with Crippen LogP contribution in [-0.4, -0.2) is 23.3 Å². The molecule has 0 aliphatic carbocycles. The smallest absolute Gasteiger partial charge is 0.260 e. The maximum Gasteiger partial charge on any atom is 0.260 e. The van der Waals surface area contributed by atoms with Crippen molar-refractivity contribution in [3.05, 3.63) is 32.4 Å². The second kappa shape index (κ2) is 5.57. The first-order chi connectivity index (χ1) is 8.52. The molecule has 2 amide bonds. The highest BCUT2D eigenvalue weighted by molar-refractivity contribution is 14.1. The number of likely N-dealkylation sites (tertiary alicyclic amines) is 1. The summed E-state index contributed by atoms with van der Waals surface area (Å²) in [6.45, 7) is 2.56. The zero-order chi connectivity index (χ0) is 13.3. The maximum absolute atomic E-state index is 12.2. The first-order valence-corrected chi connectivity index (χ1v) is 7.28. The zero-order valence-electron chi connectivity index (χ0n) is 9.95. The molecule has 5 heteroatoms. The van der Waals surface area contributed by atoms with Gasteiger partial charge in [-0.15, -0.1) is 0 Å². The lowest BCUT2D eigenvalue weighted by Crippen LogP contribution is -2.32. The summed E-state index contributed by atoms with van der Waals surface area (Å²) in [6.07, 6.45) is 1.39. The van der Waals surface area contributed by atoms with E-state index in [0.717, 1.165) is 9.99 Å². The minimum atomic E-state index is -0.241. The fourth-order valence-corrected chi connectivity index (χ4v) is 2.55. The summed E-state index contributed by atoms with van der Waals surface area (Å²) in [6, 6.07) is 5.12. The lowest BCUT2D eigenvalue weighted by atomic mass is 10.1. The van der Waals surface area contributed by atoms with Gasteiger partial charge in [0, 0.05) is 22.1 Å². The van der Waals surface area contributed by atoms with Gasteiger partial charge in [-0.1, -0.05) is 24.9 Å². The van der Waals surface area contributed by atoms with Crippen LogP contribution in [0.15, 0.2) is 18.2 Å². The van der Waals surface area contributed by atoms with E-state index in [-0.39, 0.29) is 11.8 Å². The first-order valence-electron chi connectivity index (χ1n) is 5.82. The van der Waals surface area contributed by atoms with E-state index >= 15 is 0 Å². The molecule has 0 aromatic heterocycles. The van der Waals surface area contributed by atoms with E-state index < -0.39 is 0 Å². The Balaban J connectivity index is 2.21. The highest BCUT2D eigenvalue weighted by atomic mass is 127. The minimum absolute atomic E-state index is 0.0819. The summed E-state index contributed by atoms with van der Waals surface area (Å²) < 4.78 is 0.894. The molecule has 2 rings (SSSR count). The van der Waals surface area contributed by atoms with Gasteiger partial charge in [-0.2, -0.15) is 0 Å². The highest BCUT2D eigenvalue weighted by Crippen LogP contribution is 2.25. The van der Waals surface area contributed by atoms with Crippen LogP contribution in [0.2, 0.25) is 5.02 Å². The Labute approximate surface area is 125 Å². The highest BCUT2D eigenvalue weighted by Gasteiger charge is 2.33. The molecule has 0 radical (unpaired) electrons. The topological polar surface area (TPSA) is 37.4 Å². The summed E-state index contributed by atoms with van der Waals surface area (Å²) in [5.41, 5.74) is 0.477. The van der Waals surface area contributed by atoms with E-state index in [4.69, 9.17) is 11.6 Å². The third kappa shape index (κ3) is 2.69. The molecule has 1 heterocycles. The number of nitrogens with zero attached hydrogens (tertiary/aromatic N) is 1. The van der Waals surface area contributed by atoms with E-state index in [0.29, 0.717) is 29.5 Å². The van der Waals surface area contributed by atoms with E-state index in [1.165, 1.54) is 4.90 Å².